The number of fused-ring (bicyclic) bond motifs is 2. The van der Waals surface area contributed by atoms with Gasteiger partial charge in [0, 0.05) is 28.1 Å². The van der Waals surface area contributed by atoms with Crippen molar-refractivity contribution in [1.82, 2.24) is 14.2 Å². The summed E-state index contributed by atoms with van der Waals surface area (Å²) < 4.78 is 4.42. The smallest absolute Gasteiger partial charge is 0.340 e. The summed E-state index contributed by atoms with van der Waals surface area (Å²) in [7, 11) is 0. The maximum absolute atomic E-state index is 12.1. The number of aromatic carboxylic acids is 2. The molecule has 4 aromatic rings. The largest absolute Gasteiger partial charge is 0.478 e. The molecule has 0 aliphatic heterocycles. The molecule has 0 radical (unpaired) electrons. The molecule has 1 aliphatic carbocycles. The summed E-state index contributed by atoms with van der Waals surface area (Å²) in [6, 6.07) is 10.8. The van der Waals surface area contributed by atoms with Gasteiger partial charge in [-0.3, -0.25) is 0 Å². The lowest BCUT2D eigenvalue weighted by Crippen LogP contribution is -2.05. The number of aromatic nitrogens is 3. The third-order valence-corrected chi connectivity index (χ3v) is 5.83. The molecule has 1 aromatic carbocycles. The number of benzene rings is 1. The van der Waals surface area contributed by atoms with E-state index in [2.05, 4.69) is 25.6 Å². The Labute approximate surface area is 173 Å². The van der Waals surface area contributed by atoms with Gasteiger partial charge in [-0.05, 0) is 49.1 Å². The van der Waals surface area contributed by atoms with Gasteiger partial charge in [0.15, 0.2) is 0 Å². The van der Waals surface area contributed by atoms with E-state index in [0.29, 0.717) is 17.1 Å². The van der Waals surface area contributed by atoms with E-state index in [1.54, 1.807) is 0 Å². The number of rotatable bonds is 5. The van der Waals surface area contributed by atoms with Crippen LogP contribution in [0.5, 0.6) is 0 Å². The van der Waals surface area contributed by atoms with Gasteiger partial charge in [-0.1, -0.05) is 22.0 Å². The molecule has 146 valence electrons. The van der Waals surface area contributed by atoms with Gasteiger partial charge in [0.05, 0.1) is 16.8 Å². The highest BCUT2D eigenvalue weighted by molar-refractivity contribution is 9.10. The standard InChI is InChI=1S/C21H16BrN3O4/c22-14-5-3-12-7-17(24(16(12)8-14)9-11-1-2-11)19-18(21(28)29)15-6-4-13(20(26)27)10-25(15)23-19/h3-8,10-11H,1-2,9H2,(H,26,27)(H,28,29). The quantitative estimate of drug-likeness (QED) is 0.462. The van der Waals surface area contributed by atoms with Gasteiger partial charge >= 0.3 is 11.9 Å². The van der Waals surface area contributed by atoms with Crippen LogP contribution in [0.3, 0.4) is 0 Å². The van der Waals surface area contributed by atoms with Crippen molar-refractivity contribution in [2.24, 2.45) is 5.92 Å². The van der Waals surface area contributed by atoms with Gasteiger partial charge < -0.3 is 14.8 Å². The molecule has 1 fully saturated rings. The minimum absolute atomic E-state index is 0.0472. The van der Waals surface area contributed by atoms with E-state index in [1.807, 2.05) is 24.3 Å². The van der Waals surface area contributed by atoms with Crippen LogP contribution >= 0.6 is 15.9 Å². The first-order valence-corrected chi connectivity index (χ1v) is 10.00. The third kappa shape index (κ3) is 3.00. The summed E-state index contributed by atoms with van der Waals surface area (Å²) >= 11 is 3.52. The number of hydrogen-bond donors (Lipinski definition) is 2. The van der Waals surface area contributed by atoms with Crippen LogP contribution in [0.1, 0.15) is 33.6 Å². The van der Waals surface area contributed by atoms with Crippen molar-refractivity contribution in [2.45, 2.75) is 19.4 Å². The number of halogens is 1. The number of hydrogen-bond acceptors (Lipinski definition) is 3. The van der Waals surface area contributed by atoms with Crippen molar-refractivity contribution in [3.8, 4) is 11.4 Å². The molecule has 0 amide bonds. The van der Waals surface area contributed by atoms with Crippen LogP contribution in [0.15, 0.2) is 47.1 Å². The number of carboxylic acid groups (broad SMARTS) is 2. The first kappa shape index (κ1) is 17.9. The number of carboxylic acids is 2. The van der Waals surface area contributed by atoms with Gasteiger partial charge in [-0.25, -0.2) is 14.1 Å². The van der Waals surface area contributed by atoms with Crippen molar-refractivity contribution in [1.29, 1.82) is 0 Å². The zero-order valence-electron chi connectivity index (χ0n) is 15.2. The average molecular weight is 454 g/mol. The first-order valence-electron chi connectivity index (χ1n) is 9.20. The molecule has 3 heterocycles. The lowest BCUT2D eigenvalue weighted by atomic mass is 10.1. The van der Waals surface area contributed by atoms with Crippen molar-refractivity contribution >= 4 is 44.3 Å². The van der Waals surface area contributed by atoms with Crippen LogP contribution in [-0.4, -0.2) is 36.3 Å². The van der Waals surface area contributed by atoms with Crippen LogP contribution < -0.4 is 0 Å². The summed E-state index contributed by atoms with van der Waals surface area (Å²) in [4.78, 5) is 23.4. The Hall–Kier alpha value is -3.13. The number of nitrogens with zero attached hydrogens (tertiary/aromatic N) is 3. The zero-order chi connectivity index (χ0) is 20.3. The fourth-order valence-electron chi connectivity index (χ4n) is 3.74. The Morgan fingerprint density at radius 3 is 2.55 bits per heavy atom. The van der Waals surface area contributed by atoms with Crippen LogP contribution in [0.25, 0.3) is 27.8 Å². The molecule has 2 N–H and O–H groups in total. The van der Waals surface area contributed by atoms with Crippen molar-refractivity contribution < 1.29 is 19.8 Å². The monoisotopic (exact) mass is 453 g/mol. The maximum Gasteiger partial charge on any atom is 0.340 e. The Morgan fingerprint density at radius 1 is 1.07 bits per heavy atom. The molecule has 29 heavy (non-hydrogen) atoms. The summed E-state index contributed by atoms with van der Waals surface area (Å²) in [6.07, 6.45) is 3.66. The second-order valence-corrected chi connectivity index (χ2v) is 8.28. The fraction of sp³-hybridized carbons (Fsp3) is 0.190. The Bertz CT molecular complexity index is 1320. The molecular formula is C21H16BrN3O4. The van der Waals surface area contributed by atoms with E-state index >= 15 is 0 Å². The highest BCUT2D eigenvalue weighted by Crippen LogP contribution is 2.37. The van der Waals surface area contributed by atoms with E-state index in [4.69, 9.17) is 0 Å². The molecule has 0 unspecified atom stereocenters. The highest BCUT2D eigenvalue weighted by Gasteiger charge is 2.28. The summed E-state index contributed by atoms with van der Waals surface area (Å²) in [5.41, 5.74) is 2.56. The van der Waals surface area contributed by atoms with Gasteiger partial charge in [-0.2, -0.15) is 5.10 Å². The van der Waals surface area contributed by atoms with Gasteiger partial charge in [0.25, 0.3) is 0 Å². The number of carbonyl (C=O) groups is 2. The van der Waals surface area contributed by atoms with Gasteiger partial charge in [-0.15, -0.1) is 0 Å². The van der Waals surface area contributed by atoms with Crippen molar-refractivity contribution in [2.75, 3.05) is 0 Å². The SMILES string of the molecule is O=C(O)c1ccc2c(C(=O)O)c(-c3cc4ccc(Br)cc4n3CC3CC3)nn2c1. The predicted molar refractivity (Wildman–Crippen MR) is 110 cm³/mol. The molecule has 1 saturated carbocycles. The van der Waals surface area contributed by atoms with E-state index in [9.17, 15) is 19.8 Å². The maximum atomic E-state index is 12.1. The fourth-order valence-corrected chi connectivity index (χ4v) is 4.09. The average Bonchev–Trinajstić information content (AvgIpc) is 3.31. The van der Waals surface area contributed by atoms with E-state index in [-0.39, 0.29) is 11.1 Å². The lowest BCUT2D eigenvalue weighted by Gasteiger charge is -2.09. The summed E-state index contributed by atoms with van der Waals surface area (Å²) in [5, 5.41) is 24.7. The minimum atomic E-state index is -1.09. The zero-order valence-corrected chi connectivity index (χ0v) is 16.8. The first-order chi connectivity index (χ1) is 13.9. The lowest BCUT2D eigenvalue weighted by molar-refractivity contribution is 0.0688. The molecule has 7 nitrogen and oxygen atoms in total. The number of pyridine rings is 1. The van der Waals surface area contributed by atoms with Gasteiger partial charge in [0.2, 0.25) is 0 Å². The van der Waals surface area contributed by atoms with Crippen molar-refractivity contribution in [3.63, 3.8) is 0 Å². The molecule has 0 spiro atoms. The molecule has 0 saturated heterocycles. The van der Waals surface area contributed by atoms with Crippen LogP contribution in [0.2, 0.25) is 0 Å². The minimum Gasteiger partial charge on any atom is -0.478 e. The molecule has 8 heteroatoms. The van der Waals surface area contributed by atoms with Crippen LogP contribution in [-0.2, 0) is 6.54 Å². The van der Waals surface area contributed by atoms with Crippen molar-refractivity contribution in [3.05, 3.63) is 58.2 Å². The molecule has 1 aliphatic rings. The van der Waals surface area contributed by atoms with Crippen LogP contribution in [0, 0.1) is 5.92 Å². The third-order valence-electron chi connectivity index (χ3n) is 5.34. The molecular weight excluding hydrogens is 438 g/mol. The second kappa shape index (κ2) is 6.45. The predicted octanol–water partition coefficient (Wildman–Crippen LogP) is 4.52. The highest BCUT2D eigenvalue weighted by atomic mass is 79.9. The topological polar surface area (TPSA) is 96.8 Å². The summed E-state index contributed by atoms with van der Waals surface area (Å²) in [6.45, 7) is 0.794. The second-order valence-electron chi connectivity index (χ2n) is 7.37. The Morgan fingerprint density at radius 2 is 1.86 bits per heavy atom. The van der Waals surface area contributed by atoms with E-state index < -0.39 is 11.9 Å². The molecule has 0 bridgehead atoms. The van der Waals surface area contributed by atoms with Crippen LogP contribution in [0.4, 0.5) is 0 Å². The molecule has 3 aromatic heterocycles. The Balaban J connectivity index is 1.80. The normalized spacial score (nSPS) is 14.0. The van der Waals surface area contributed by atoms with Gasteiger partial charge in [0.1, 0.15) is 11.3 Å². The molecule has 5 rings (SSSR count). The van der Waals surface area contributed by atoms with E-state index in [0.717, 1.165) is 40.5 Å². The molecule has 0 atom stereocenters. The Kier molecular flexibility index (Phi) is 3.99. The van der Waals surface area contributed by atoms with E-state index in [1.165, 1.54) is 22.8 Å². The summed E-state index contributed by atoms with van der Waals surface area (Å²) in [5.74, 6) is -1.61.